The smallest absolute Gasteiger partial charge is 0.306 e. The number of aliphatic hydroxyl groups excluding tert-OH is 5. The van der Waals surface area contributed by atoms with Gasteiger partial charge in [-0.2, -0.15) is 0 Å². The molecule has 384 valence electrons. The maximum atomic E-state index is 13.3. The number of unbranched alkanes of at least 4 members (excludes halogenated alkanes) is 20. The first-order chi connectivity index (χ1) is 32.7. The Kier molecular flexibility index (Phi) is 40.7. The molecule has 1 amide bonds. The predicted molar refractivity (Wildman–Crippen MR) is 273 cm³/mol. The Morgan fingerprint density at radius 2 is 1.10 bits per heavy atom. The van der Waals surface area contributed by atoms with Crippen LogP contribution in [0.4, 0.5) is 0 Å². The number of amides is 1. The molecule has 1 rings (SSSR count). The maximum Gasteiger partial charge on any atom is 0.306 e. The zero-order chi connectivity index (χ0) is 49.0. The van der Waals surface area contributed by atoms with E-state index in [-0.39, 0.29) is 19.4 Å². The van der Waals surface area contributed by atoms with Gasteiger partial charge >= 0.3 is 5.97 Å². The molecule has 6 N–H and O–H groups in total. The van der Waals surface area contributed by atoms with Crippen LogP contribution in [0.2, 0.25) is 0 Å². The standard InChI is InChI=1S/C56H95NO10/c1-4-7-10-13-16-19-22-24-26-29-31-34-37-40-43-49(60)55(64)57-47(48(59)42-39-36-33-30-28-25-23-20-17-14-11-8-5-2)46-65-56-54(53(63)52(62)50(45-58)66-56)67-51(61)44-41-38-35-32-27-21-18-15-12-9-6-3/h7,10,13,15-16,18-19,22,24,26,29,31,39,42,47-50,52-54,56,58-60,62-63H,4-6,8-9,11-12,14,17,20-21,23,25,27-28,30,32-38,40-41,43-46H2,1-3H3,(H,57,64)/b10-7+,16-13+,18-15-,22-19-,26-24-,31-29+,42-39+. The third-order valence-corrected chi connectivity index (χ3v) is 11.9. The molecular formula is C56H95NO10. The van der Waals surface area contributed by atoms with E-state index in [0.29, 0.717) is 12.8 Å². The summed E-state index contributed by atoms with van der Waals surface area (Å²) in [4.78, 5) is 26.3. The lowest BCUT2D eigenvalue weighted by atomic mass is 9.99. The molecular weight excluding hydrogens is 847 g/mol. The van der Waals surface area contributed by atoms with E-state index in [4.69, 9.17) is 14.2 Å². The number of hydrogen-bond donors (Lipinski definition) is 6. The number of hydrogen-bond acceptors (Lipinski definition) is 10. The molecule has 0 saturated carbocycles. The molecule has 11 nitrogen and oxygen atoms in total. The minimum Gasteiger partial charge on any atom is -0.454 e. The van der Waals surface area contributed by atoms with Crippen LogP contribution >= 0.6 is 0 Å². The number of carbonyl (C=O) groups is 2. The predicted octanol–water partition coefficient (Wildman–Crippen LogP) is 11.0. The zero-order valence-electron chi connectivity index (χ0n) is 42.0. The molecule has 0 bridgehead atoms. The molecule has 1 fully saturated rings. The van der Waals surface area contributed by atoms with Crippen LogP contribution in [0, 0.1) is 0 Å². The highest BCUT2D eigenvalue weighted by molar-refractivity contribution is 5.80. The monoisotopic (exact) mass is 942 g/mol. The molecule has 67 heavy (non-hydrogen) atoms. The average molecular weight is 942 g/mol. The Hall–Kier alpha value is -3.16. The summed E-state index contributed by atoms with van der Waals surface area (Å²) in [5, 5.41) is 56.5. The topological polar surface area (TPSA) is 175 Å². The minimum atomic E-state index is -1.63. The Bertz CT molecular complexity index is 1410. The van der Waals surface area contributed by atoms with Gasteiger partial charge in [0.05, 0.1) is 25.4 Å². The van der Waals surface area contributed by atoms with Crippen LogP contribution in [0.15, 0.2) is 85.1 Å². The average Bonchev–Trinajstić information content (AvgIpc) is 3.32. The molecule has 0 aromatic heterocycles. The van der Waals surface area contributed by atoms with Crippen molar-refractivity contribution in [3.63, 3.8) is 0 Å². The normalized spacial score (nSPS) is 20.7. The fourth-order valence-corrected chi connectivity index (χ4v) is 7.65. The van der Waals surface area contributed by atoms with Crippen molar-refractivity contribution in [2.75, 3.05) is 13.2 Å². The fourth-order valence-electron chi connectivity index (χ4n) is 7.65. The summed E-state index contributed by atoms with van der Waals surface area (Å²) in [7, 11) is 0. The summed E-state index contributed by atoms with van der Waals surface area (Å²) in [6.07, 6.45) is 44.9. The lowest BCUT2D eigenvalue weighted by molar-refractivity contribution is -0.305. The van der Waals surface area contributed by atoms with Gasteiger partial charge < -0.3 is 45.1 Å². The van der Waals surface area contributed by atoms with Crippen molar-refractivity contribution in [1.29, 1.82) is 0 Å². The zero-order valence-corrected chi connectivity index (χ0v) is 42.0. The van der Waals surface area contributed by atoms with Gasteiger partial charge in [0.1, 0.15) is 24.4 Å². The molecule has 1 aliphatic heterocycles. The van der Waals surface area contributed by atoms with Crippen molar-refractivity contribution in [2.45, 2.75) is 243 Å². The van der Waals surface area contributed by atoms with Gasteiger partial charge in [0.25, 0.3) is 0 Å². The molecule has 0 aliphatic carbocycles. The highest BCUT2D eigenvalue weighted by atomic mass is 16.7. The van der Waals surface area contributed by atoms with Crippen molar-refractivity contribution in [2.24, 2.45) is 0 Å². The summed E-state index contributed by atoms with van der Waals surface area (Å²) in [6.45, 7) is 5.53. The molecule has 0 aromatic carbocycles. The van der Waals surface area contributed by atoms with Crippen LogP contribution in [-0.2, 0) is 23.8 Å². The van der Waals surface area contributed by atoms with Gasteiger partial charge in [-0.3, -0.25) is 9.59 Å². The second-order valence-corrected chi connectivity index (χ2v) is 18.0. The van der Waals surface area contributed by atoms with Gasteiger partial charge in [-0.1, -0.05) is 209 Å². The molecule has 11 heteroatoms. The summed E-state index contributed by atoms with van der Waals surface area (Å²) >= 11 is 0. The Morgan fingerprint density at radius 3 is 1.70 bits per heavy atom. The van der Waals surface area contributed by atoms with Gasteiger partial charge in [0.2, 0.25) is 5.91 Å². The first-order valence-electron chi connectivity index (χ1n) is 26.4. The molecule has 0 aromatic rings. The number of carbonyl (C=O) groups excluding carboxylic acids is 2. The van der Waals surface area contributed by atoms with E-state index in [0.717, 1.165) is 83.5 Å². The molecule has 1 heterocycles. The van der Waals surface area contributed by atoms with Gasteiger partial charge in [-0.05, 0) is 64.2 Å². The van der Waals surface area contributed by atoms with E-state index in [9.17, 15) is 35.1 Å². The Labute approximate surface area is 406 Å². The van der Waals surface area contributed by atoms with Gasteiger partial charge in [0.15, 0.2) is 12.4 Å². The lowest BCUT2D eigenvalue weighted by Crippen LogP contribution is -2.61. The molecule has 1 aliphatic rings. The molecule has 8 atom stereocenters. The highest BCUT2D eigenvalue weighted by Gasteiger charge is 2.47. The van der Waals surface area contributed by atoms with E-state index in [1.54, 1.807) is 6.08 Å². The fraction of sp³-hybridized carbons (Fsp3) is 0.714. The number of ether oxygens (including phenoxy) is 3. The van der Waals surface area contributed by atoms with Crippen LogP contribution in [0.3, 0.4) is 0 Å². The van der Waals surface area contributed by atoms with Crippen LogP contribution < -0.4 is 5.32 Å². The Morgan fingerprint density at radius 1 is 0.597 bits per heavy atom. The van der Waals surface area contributed by atoms with Crippen molar-refractivity contribution in [3.05, 3.63) is 85.1 Å². The first-order valence-corrected chi connectivity index (χ1v) is 26.4. The second kappa shape index (κ2) is 44.1. The van der Waals surface area contributed by atoms with Gasteiger partial charge in [-0.15, -0.1) is 0 Å². The summed E-state index contributed by atoms with van der Waals surface area (Å²) in [6, 6.07) is -1.05. The number of rotatable bonds is 42. The quantitative estimate of drug-likeness (QED) is 0.0150. The SMILES string of the molecule is CC/C=C/C=C/C=C\C=C/C=C/CCCCC(O)C(=O)NC(COC1OC(CO)C(O)C(O)C1OC(=O)CCCCCCC/C=C\CCCC)C(O)/C=C/CCCCCCCCCCCCC. The molecule has 1 saturated heterocycles. The van der Waals surface area contributed by atoms with E-state index in [2.05, 4.69) is 44.3 Å². The summed E-state index contributed by atoms with van der Waals surface area (Å²) in [5.74, 6) is -1.26. The van der Waals surface area contributed by atoms with E-state index >= 15 is 0 Å². The number of allylic oxidation sites excluding steroid dienone is 13. The third-order valence-electron chi connectivity index (χ3n) is 11.9. The van der Waals surface area contributed by atoms with E-state index in [1.807, 2.05) is 60.8 Å². The summed E-state index contributed by atoms with van der Waals surface area (Å²) in [5.41, 5.74) is 0. The van der Waals surface area contributed by atoms with Crippen LogP contribution in [0.25, 0.3) is 0 Å². The second-order valence-electron chi connectivity index (χ2n) is 18.0. The van der Waals surface area contributed by atoms with Crippen molar-refractivity contribution in [1.82, 2.24) is 5.32 Å². The highest BCUT2D eigenvalue weighted by Crippen LogP contribution is 2.26. The van der Waals surface area contributed by atoms with Crippen molar-refractivity contribution >= 4 is 11.9 Å². The van der Waals surface area contributed by atoms with E-state index in [1.165, 1.54) is 64.2 Å². The minimum absolute atomic E-state index is 0.103. The summed E-state index contributed by atoms with van der Waals surface area (Å²) < 4.78 is 17.5. The molecule has 0 spiro atoms. The lowest BCUT2D eigenvalue weighted by Gasteiger charge is -2.41. The number of esters is 1. The maximum absolute atomic E-state index is 13.3. The number of aliphatic hydroxyl groups is 5. The number of nitrogens with one attached hydrogen (secondary N) is 1. The van der Waals surface area contributed by atoms with Crippen molar-refractivity contribution < 1.29 is 49.3 Å². The van der Waals surface area contributed by atoms with Crippen molar-refractivity contribution in [3.8, 4) is 0 Å². The first kappa shape index (κ1) is 61.9. The molecule has 8 unspecified atom stereocenters. The van der Waals surface area contributed by atoms with Gasteiger partial charge in [0, 0.05) is 6.42 Å². The van der Waals surface area contributed by atoms with Crippen LogP contribution in [0.1, 0.15) is 194 Å². The molecule has 0 radical (unpaired) electrons. The van der Waals surface area contributed by atoms with Crippen LogP contribution in [0.5, 0.6) is 0 Å². The third kappa shape index (κ3) is 33.1. The van der Waals surface area contributed by atoms with Gasteiger partial charge in [-0.25, -0.2) is 0 Å². The van der Waals surface area contributed by atoms with E-state index < -0.39 is 67.4 Å². The Balaban J connectivity index is 2.84. The largest absolute Gasteiger partial charge is 0.454 e. The van der Waals surface area contributed by atoms with Crippen LogP contribution in [-0.4, -0.2) is 99.6 Å².